The van der Waals surface area contributed by atoms with E-state index in [4.69, 9.17) is 14.5 Å². The van der Waals surface area contributed by atoms with Gasteiger partial charge in [0.2, 0.25) is 11.6 Å². The van der Waals surface area contributed by atoms with E-state index in [9.17, 15) is 68.9 Å². The van der Waals surface area contributed by atoms with Crippen molar-refractivity contribution in [3.05, 3.63) is 122 Å². The van der Waals surface area contributed by atoms with Crippen molar-refractivity contribution in [3.8, 4) is 0 Å². The van der Waals surface area contributed by atoms with Crippen molar-refractivity contribution in [3.63, 3.8) is 0 Å². The lowest BCUT2D eigenvalue weighted by molar-refractivity contribution is -0.438. The summed E-state index contributed by atoms with van der Waals surface area (Å²) in [6.07, 6.45) is 10.6. The molecule has 1 fully saturated rings. The summed E-state index contributed by atoms with van der Waals surface area (Å²) in [7, 11) is -26.2. The summed E-state index contributed by atoms with van der Waals surface area (Å²) in [5.41, 5.74) is 1.50. The Morgan fingerprint density at radius 3 is 2.26 bits per heavy atom. The zero-order valence-corrected chi connectivity index (χ0v) is 45.8. The van der Waals surface area contributed by atoms with E-state index in [-0.39, 0.29) is 40.6 Å². The molecule has 26 nitrogen and oxygen atoms in total. The molecule has 2 aromatic carbocycles. The number of aromatic amines is 1. The maximum absolute atomic E-state index is 12.8. The second-order valence-electron chi connectivity index (χ2n) is 18.7. The highest BCUT2D eigenvalue weighted by Gasteiger charge is 2.46. The van der Waals surface area contributed by atoms with Crippen LogP contribution in [0.5, 0.6) is 0 Å². The Labute approximate surface area is 436 Å². The van der Waals surface area contributed by atoms with Gasteiger partial charge in [-0.15, -0.1) is 0 Å². The van der Waals surface area contributed by atoms with Gasteiger partial charge in [-0.2, -0.15) is 21.6 Å². The van der Waals surface area contributed by atoms with Gasteiger partial charge < -0.3 is 44.2 Å². The predicted molar refractivity (Wildman–Crippen MR) is 272 cm³/mol. The number of allylic oxidation sites excluding steroid dienone is 6. The minimum Gasteiger partial charge on any atom is -0.744 e. The number of unbranched alkanes of at least 4 members (excludes halogenated alkanes) is 2. The number of phosphoric acid groups is 3. The molecule has 76 heavy (non-hydrogen) atoms. The Balaban J connectivity index is 1.05. The van der Waals surface area contributed by atoms with Crippen LogP contribution in [0.4, 0.5) is 11.4 Å². The molecule has 3 aliphatic heterocycles. The highest BCUT2D eigenvalue weighted by Crippen LogP contribution is 2.66. The molecule has 0 spiro atoms. The molecule has 3 aromatic rings. The van der Waals surface area contributed by atoms with Gasteiger partial charge in [0.15, 0.2) is 5.71 Å². The number of hydrogen-bond acceptors (Lipinski definition) is 17. The molecule has 1 amide bonds. The van der Waals surface area contributed by atoms with Gasteiger partial charge in [-0.05, 0) is 75.6 Å². The third kappa shape index (κ3) is 14.6. The molecule has 416 valence electrons. The molecule has 0 bridgehead atoms. The maximum atomic E-state index is 12.8. The monoisotopic (exact) mass is 1160 g/mol. The Hall–Kier alpha value is -4.83. The first-order valence-electron chi connectivity index (χ1n) is 23.3. The summed E-state index contributed by atoms with van der Waals surface area (Å²) >= 11 is 0. The molecule has 5 atom stereocenters. The van der Waals surface area contributed by atoms with Gasteiger partial charge in [-0.3, -0.25) is 28.2 Å². The predicted octanol–water partition coefficient (Wildman–Crippen LogP) is 4.26. The number of nitrogens with zero attached hydrogens (tertiary/aromatic N) is 3. The van der Waals surface area contributed by atoms with Crippen molar-refractivity contribution in [2.45, 2.75) is 106 Å². The van der Waals surface area contributed by atoms with Crippen molar-refractivity contribution < 1.29 is 91.6 Å². The van der Waals surface area contributed by atoms with Gasteiger partial charge in [0.1, 0.15) is 29.0 Å². The van der Waals surface area contributed by atoms with E-state index < -0.39 is 90.8 Å². The summed E-state index contributed by atoms with van der Waals surface area (Å²) in [4.78, 5) is 78.2. The number of amides is 1. The van der Waals surface area contributed by atoms with Crippen LogP contribution in [0.25, 0.3) is 6.08 Å². The molecule has 1 saturated heterocycles. The minimum absolute atomic E-state index is 0.0157. The van der Waals surface area contributed by atoms with Crippen molar-refractivity contribution in [2.75, 3.05) is 31.1 Å². The van der Waals surface area contributed by atoms with Gasteiger partial charge in [-0.25, -0.2) is 26.9 Å². The highest BCUT2D eigenvalue weighted by atomic mass is 32.2. The fourth-order valence-electron chi connectivity index (χ4n) is 9.08. The standard InChI is InChI=1S/C45H58N5O21P3S2/c1-6-48-34-20-18-30(75(62,63)64)24-32(34)44(2,3)38(48)15-9-7-10-16-39-45(4,5)33-25-31(76(65,66)67)19-21-35(33)49(39)23-12-8-11-17-40(52)46-22-13-14-29-27-50(43(54)47-42(29)53)41-26-36(51)37(69-41)28-68-73(58,59)71-74(60,61)70-72(55,56)57/h7,9-10,13-16,18-21,24-25,27,36-37,41,51H,6,8,11-12,17,22-23,26,28H2,1-5H3,(H7-,46,47,52,53,54,55,56,57,58,59,60,61,62,63,64,65,66,67)/b14-13+/t36-,37+,41+/m0/s1. The molecule has 0 aliphatic carbocycles. The van der Waals surface area contributed by atoms with Gasteiger partial charge in [0.05, 0.1) is 33.5 Å². The molecule has 2 unspecified atom stereocenters. The number of phosphoric ester groups is 1. The first-order chi connectivity index (χ1) is 35.1. The number of ether oxygens (including phenoxy) is 1. The molecule has 0 saturated carbocycles. The smallest absolute Gasteiger partial charge is 0.490 e. The van der Waals surface area contributed by atoms with E-state index in [1.165, 1.54) is 36.4 Å². The quantitative estimate of drug-likeness (QED) is 0.0216. The summed E-state index contributed by atoms with van der Waals surface area (Å²) < 4.78 is 125. The molecule has 3 aliphatic rings. The molecule has 4 heterocycles. The lowest BCUT2D eigenvalue weighted by Crippen LogP contribution is -2.33. The Morgan fingerprint density at radius 1 is 0.921 bits per heavy atom. The Bertz CT molecular complexity index is 3420. The largest absolute Gasteiger partial charge is 0.744 e. The number of aliphatic hydroxyl groups is 1. The average molecular weight is 1160 g/mol. The highest BCUT2D eigenvalue weighted by molar-refractivity contribution is 7.86. The number of aromatic nitrogens is 2. The molecule has 8 N–H and O–H groups in total. The van der Waals surface area contributed by atoms with Crippen LogP contribution in [0.3, 0.4) is 0 Å². The van der Waals surface area contributed by atoms with Crippen molar-refractivity contribution in [2.24, 2.45) is 0 Å². The van der Waals surface area contributed by atoms with E-state index in [2.05, 4.69) is 32.9 Å². The summed E-state index contributed by atoms with van der Waals surface area (Å²) in [6.45, 7) is 9.82. The van der Waals surface area contributed by atoms with Crippen LogP contribution in [0, 0.1) is 0 Å². The number of hydrogen-bond donors (Lipinski definition) is 8. The lowest BCUT2D eigenvalue weighted by atomic mass is 9.81. The Morgan fingerprint density at radius 2 is 1.61 bits per heavy atom. The topological polar surface area (TPSA) is 391 Å². The van der Waals surface area contributed by atoms with E-state index in [0.29, 0.717) is 43.5 Å². The van der Waals surface area contributed by atoms with E-state index in [1.54, 1.807) is 12.1 Å². The zero-order chi connectivity index (χ0) is 56.4. The van der Waals surface area contributed by atoms with Crippen LogP contribution in [0.1, 0.15) is 89.6 Å². The average Bonchev–Trinajstić information content (AvgIpc) is 3.84. The van der Waals surface area contributed by atoms with Gasteiger partial charge >= 0.3 is 29.2 Å². The lowest BCUT2D eigenvalue weighted by Gasteiger charge is -2.25. The number of H-pyrrole nitrogens is 1. The van der Waals surface area contributed by atoms with Crippen molar-refractivity contribution in [1.29, 1.82) is 0 Å². The van der Waals surface area contributed by atoms with E-state index >= 15 is 0 Å². The molecular weight excluding hydrogens is 1100 g/mol. The zero-order valence-electron chi connectivity index (χ0n) is 41.5. The molecular formula is C45H58N5O21P3S2. The fourth-order valence-corrected chi connectivity index (χ4v) is 13.1. The van der Waals surface area contributed by atoms with Crippen molar-refractivity contribution >= 4 is 72.8 Å². The number of carbonyl (C=O) groups is 1. The van der Waals surface area contributed by atoms with Crippen LogP contribution < -0.4 is 21.5 Å². The summed E-state index contributed by atoms with van der Waals surface area (Å²) in [5.74, 6) is -0.298. The first-order valence-corrected chi connectivity index (χ1v) is 30.6. The number of likely N-dealkylation sites (N-methyl/N-ethyl adjacent to an activating group) is 1. The van der Waals surface area contributed by atoms with Crippen LogP contribution >= 0.6 is 23.5 Å². The van der Waals surface area contributed by atoms with Crippen LogP contribution in [-0.4, -0.2) is 115 Å². The normalized spacial score (nSPS) is 21.7. The van der Waals surface area contributed by atoms with Gasteiger partial charge in [-0.1, -0.05) is 44.2 Å². The minimum atomic E-state index is -5.80. The van der Waals surface area contributed by atoms with Crippen molar-refractivity contribution in [1.82, 2.24) is 14.9 Å². The van der Waals surface area contributed by atoms with Gasteiger partial charge in [0.25, 0.3) is 15.7 Å². The van der Waals surface area contributed by atoms with E-state index in [0.717, 1.165) is 33.5 Å². The number of rotatable bonds is 23. The number of benzene rings is 2. The fraction of sp³-hybridized carbons (Fsp3) is 0.422. The molecule has 0 radical (unpaired) electrons. The second-order valence-corrected chi connectivity index (χ2v) is 25.9. The number of fused-ring (bicyclic) bond motifs is 2. The molecule has 6 rings (SSSR count). The molecule has 31 heteroatoms. The molecule has 1 aromatic heterocycles. The first kappa shape index (κ1) is 60.4. The van der Waals surface area contributed by atoms with Crippen LogP contribution in [0.2, 0.25) is 0 Å². The number of anilines is 1. The Kier molecular flexibility index (Phi) is 18.5. The SMILES string of the molecule is CCN1C(=CC=CC=CC2=[N+](CCCCCC(=O)NC/C=C/c3cn([C@H]4C[C@H](O)[C@@H](COP(=O)(O)OP(=O)(O)OP(=O)(O)O)O4)c(=O)[nH]c3=O)c3ccc(S(=O)(=O)O)cc3C2(C)C)C(C)(C)c2cc(S(=O)(=O)[O-])ccc21. The second kappa shape index (κ2) is 23.2. The third-order valence-electron chi connectivity index (χ3n) is 12.7. The van der Waals surface area contributed by atoms with E-state index in [1.807, 2.05) is 65.0 Å². The van der Waals surface area contributed by atoms with Gasteiger partial charge in [0, 0.05) is 73.1 Å². The summed E-state index contributed by atoms with van der Waals surface area (Å²) in [5, 5.41) is 13.2. The van der Waals surface area contributed by atoms with Crippen LogP contribution in [-0.2, 0) is 67.4 Å². The third-order valence-corrected chi connectivity index (χ3v) is 18.2. The number of nitrogens with one attached hydrogen (secondary N) is 2. The summed E-state index contributed by atoms with van der Waals surface area (Å²) in [6, 6.07) is 8.82. The number of carbonyl (C=O) groups excluding carboxylic acids is 1. The maximum Gasteiger partial charge on any atom is 0.490 e. The van der Waals surface area contributed by atoms with Crippen LogP contribution in [0.15, 0.2) is 104 Å². The number of aliphatic hydroxyl groups excluding tert-OH is 1.